The number of ether oxygens (including phenoxy) is 1. The van der Waals surface area contributed by atoms with Crippen molar-refractivity contribution in [3.8, 4) is 5.75 Å². The number of benzene rings is 1. The van der Waals surface area contributed by atoms with Crippen LogP contribution in [0.15, 0.2) is 18.2 Å². The van der Waals surface area contributed by atoms with Crippen LogP contribution >= 0.6 is 0 Å². The Labute approximate surface area is 107 Å². The summed E-state index contributed by atoms with van der Waals surface area (Å²) in [5.41, 5.74) is 7.90. The molecule has 0 spiro atoms. The Morgan fingerprint density at radius 3 is 2.78 bits per heavy atom. The first kappa shape index (κ1) is 12.7. The number of anilines is 1. The van der Waals surface area contributed by atoms with E-state index in [4.69, 9.17) is 10.5 Å². The van der Waals surface area contributed by atoms with Crippen molar-refractivity contribution in [2.45, 2.75) is 19.5 Å². The minimum Gasteiger partial charge on any atom is -0.497 e. The third-order valence-electron chi connectivity index (χ3n) is 3.31. The van der Waals surface area contributed by atoms with Gasteiger partial charge in [0.1, 0.15) is 5.75 Å². The molecule has 2 aromatic rings. The molecule has 18 heavy (non-hydrogen) atoms. The fraction of sp³-hybridized carbons (Fsp3) is 0.462. The molecule has 1 heterocycles. The molecule has 0 amide bonds. The number of hydrogen-bond acceptors (Lipinski definition) is 4. The fourth-order valence-corrected chi connectivity index (χ4v) is 1.87. The van der Waals surface area contributed by atoms with Gasteiger partial charge in [0.2, 0.25) is 5.95 Å². The highest BCUT2D eigenvalue weighted by Gasteiger charge is 2.13. The minimum atomic E-state index is 0.385. The van der Waals surface area contributed by atoms with Crippen LogP contribution in [0.3, 0.4) is 0 Å². The van der Waals surface area contributed by atoms with Gasteiger partial charge in [-0.2, -0.15) is 0 Å². The summed E-state index contributed by atoms with van der Waals surface area (Å²) < 4.78 is 7.28. The van der Waals surface area contributed by atoms with Gasteiger partial charge < -0.3 is 19.9 Å². The number of nitrogens with zero attached hydrogens (tertiary/aromatic N) is 3. The molecule has 1 aromatic heterocycles. The average molecular weight is 248 g/mol. The Hall–Kier alpha value is -1.75. The van der Waals surface area contributed by atoms with E-state index in [0.717, 1.165) is 23.3 Å². The molecule has 0 fully saturated rings. The number of imidazole rings is 1. The lowest BCUT2D eigenvalue weighted by Crippen LogP contribution is -2.29. The molecule has 0 saturated heterocycles. The van der Waals surface area contributed by atoms with Crippen LogP contribution in [0, 0.1) is 0 Å². The van der Waals surface area contributed by atoms with E-state index in [1.807, 2.05) is 22.8 Å². The van der Waals surface area contributed by atoms with Gasteiger partial charge in [-0.05, 0) is 33.2 Å². The van der Waals surface area contributed by atoms with Crippen LogP contribution in [0.2, 0.25) is 0 Å². The van der Waals surface area contributed by atoms with E-state index in [0.29, 0.717) is 12.0 Å². The van der Waals surface area contributed by atoms with Crippen LogP contribution in [0.25, 0.3) is 11.0 Å². The van der Waals surface area contributed by atoms with E-state index in [-0.39, 0.29) is 0 Å². The second kappa shape index (κ2) is 4.86. The van der Waals surface area contributed by atoms with Crippen molar-refractivity contribution in [2.75, 3.05) is 26.9 Å². The van der Waals surface area contributed by atoms with E-state index in [1.54, 1.807) is 7.11 Å². The van der Waals surface area contributed by atoms with E-state index in [2.05, 4.69) is 30.9 Å². The first-order valence-corrected chi connectivity index (χ1v) is 5.99. The van der Waals surface area contributed by atoms with Crippen LogP contribution in [0.1, 0.15) is 6.92 Å². The first-order chi connectivity index (χ1) is 8.52. The van der Waals surface area contributed by atoms with Crippen molar-refractivity contribution in [2.24, 2.45) is 0 Å². The SMILES string of the molecule is COc1ccc2nc(N)n(CC(C)N(C)C)c2c1. The molecule has 0 radical (unpaired) electrons. The Bertz CT molecular complexity index is 547. The molecule has 1 unspecified atom stereocenters. The molecular formula is C13H20N4O. The zero-order valence-electron chi connectivity index (χ0n) is 11.3. The lowest BCUT2D eigenvalue weighted by molar-refractivity contribution is 0.287. The predicted octanol–water partition coefficient (Wildman–Crippen LogP) is 1.58. The molecule has 5 heteroatoms. The third kappa shape index (κ3) is 2.26. The van der Waals surface area contributed by atoms with Crippen LogP contribution in [0.4, 0.5) is 5.95 Å². The summed E-state index contributed by atoms with van der Waals surface area (Å²) in [5.74, 6) is 1.37. The predicted molar refractivity (Wildman–Crippen MR) is 73.8 cm³/mol. The number of fused-ring (bicyclic) bond motifs is 1. The van der Waals surface area contributed by atoms with Crippen molar-refractivity contribution in [3.05, 3.63) is 18.2 Å². The lowest BCUT2D eigenvalue weighted by Gasteiger charge is -2.21. The van der Waals surface area contributed by atoms with Gasteiger partial charge in [-0.15, -0.1) is 0 Å². The summed E-state index contributed by atoms with van der Waals surface area (Å²) >= 11 is 0. The highest BCUT2D eigenvalue weighted by Crippen LogP contribution is 2.23. The van der Waals surface area contributed by atoms with Gasteiger partial charge in [-0.3, -0.25) is 0 Å². The third-order valence-corrected chi connectivity index (χ3v) is 3.31. The lowest BCUT2D eigenvalue weighted by atomic mass is 10.2. The molecule has 0 aliphatic heterocycles. The summed E-state index contributed by atoms with van der Waals surface area (Å²) in [6, 6.07) is 6.19. The van der Waals surface area contributed by atoms with Crippen LogP contribution in [-0.4, -0.2) is 41.7 Å². The van der Waals surface area contributed by atoms with Crippen LogP contribution in [-0.2, 0) is 6.54 Å². The highest BCUT2D eigenvalue weighted by atomic mass is 16.5. The van der Waals surface area contributed by atoms with Crippen LogP contribution < -0.4 is 10.5 Å². The molecule has 98 valence electrons. The van der Waals surface area contributed by atoms with Crippen molar-refractivity contribution < 1.29 is 4.74 Å². The maximum absolute atomic E-state index is 5.99. The van der Waals surface area contributed by atoms with Gasteiger partial charge in [0.25, 0.3) is 0 Å². The van der Waals surface area contributed by atoms with E-state index < -0.39 is 0 Å². The van der Waals surface area contributed by atoms with E-state index >= 15 is 0 Å². The zero-order chi connectivity index (χ0) is 13.3. The Morgan fingerprint density at radius 2 is 2.17 bits per heavy atom. The number of nitrogens with two attached hydrogens (primary N) is 1. The van der Waals surface area contributed by atoms with Gasteiger partial charge in [0.15, 0.2) is 0 Å². The summed E-state index contributed by atoms with van der Waals surface area (Å²) in [6.45, 7) is 2.97. The van der Waals surface area contributed by atoms with Gasteiger partial charge in [0, 0.05) is 18.7 Å². The number of aromatic nitrogens is 2. The summed E-state index contributed by atoms with van der Waals surface area (Å²) in [4.78, 5) is 6.53. The van der Waals surface area contributed by atoms with Gasteiger partial charge in [-0.1, -0.05) is 0 Å². The molecule has 0 bridgehead atoms. The van der Waals surface area contributed by atoms with E-state index in [1.165, 1.54) is 0 Å². The Morgan fingerprint density at radius 1 is 1.44 bits per heavy atom. The smallest absolute Gasteiger partial charge is 0.201 e. The van der Waals surface area contributed by atoms with Crippen molar-refractivity contribution >= 4 is 17.0 Å². The molecule has 0 aliphatic carbocycles. The summed E-state index contributed by atoms with van der Waals surface area (Å²) in [7, 11) is 5.77. The number of likely N-dealkylation sites (N-methyl/N-ethyl adjacent to an activating group) is 1. The Balaban J connectivity index is 2.44. The molecule has 0 saturated carbocycles. The Kier molecular flexibility index (Phi) is 3.43. The monoisotopic (exact) mass is 248 g/mol. The second-order valence-electron chi connectivity index (χ2n) is 4.75. The second-order valence-corrected chi connectivity index (χ2v) is 4.75. The van der Waals surface area contributed by atoms with Crippen LogP contribution in [0.5, 0.6) is 5.75 Å². The minimum absolute atomic E-state index is 0.385. The molecule has 5 nitrogen and oxygen atoms in total. The standard InChI is InChI=1S/C13H20N4O/c1-9(16(2)3)8-17-12-7-10(18-4)5-6-11(12)15-13(17)14/h5-7,9H,8H2,1-4H3,(H2,14,15). The van der Waals surface area contributed by atoms with Gasteiger partial charge >= 0.3 is 0 Å². The number of nitrogen functional groups attached to an aromatic ring is 1. The zero-order valence-corrected chi connectivity index (χ0v) is 11.3. The van der Waals surface area contributed by atoms with E-state index in [9.17, 15) is 0 Å². The summed E-state index contributed by atoms with van der Waals surface area (Å²) in [5, 5.41) is 0. The molecule has 2 rings (SSSR count). The normalized spacial score (nSPS) is 13.2. The van der Waals surface area contributed by atoms with Gasteiger partial charge in [-0.25, -0.2) is 4.98 Å². The highest BCUT2D eigenvalue weighted by molar-refractivity contribution is 5.79. The summed E-state index contributed by atoms with van der Waals surface area (Å²) in [6.07, 6.45) is 0. The number of methoxy groups -OCH3 is 1. The largest absolute Gasteiger partial charge is 0.497 e. The maximum atomic E-state index is 5.99. The maximum Gasteiger partial charge on any atom is 0.201 e. The van der Waals surface area contributed by atoms with Crippen molar-refractivity contribution in [3.63, 3.8) is 0 Å². The fourth-order valence-electron chi connectivity index (χ4n) is 1.87. The van der Waals surface area contributed by atoms with Gasteiger partial charge in [0.05, 0.1) is 18.1 Å². The molecule has 0 aliphatic rings. The molecular weight excluding hydrogens is 228 g/mol. The molecule has 2 N–H and O–H groups in total. The number of rotatable bonds is 4. The average Bonchev–Trinajstić information content (AvgIpc) is 2.65. The van der Waals surface area contributed by atoms with Crippen molar-refractivity contribution in [1.29, 1.82) is 0 Å². The van der Waals surface area contributed by atoms with Crippen molar-refractivity contribution in [1.82, 2.24) is 14.5 Å². The first-order valence-electron chi connectivity index (χ1n) is 5.99. The topological polar surface area (TPSA) is 56.3 Å². The number of hydrogen-bond donors (Lipinski definition) is 1. The quantitative estimate of drug-likeness (QED) is 0.892. The molecule has 1 aromatic carbocycles. The molecule has 1 atom stereocenters.